The van der Waals surface area contributed by atoms with Gasteiger partial charge in [-0.3, -0.25) is 14.2 Å². The maximum Gasteiger partial charge on any atom is 0.261 e. The third-order valence-electron chi connectivity index (χ3n) is 6.34. The molecule has 0 unspecified atom stereocenters. The topological polar surface area (TPSA) is 59.3 Å². The standard InChI is InChI=1S/C22H19NO3/c1-21-13-17-19(14-7-3-2-4-8-14)15-9-5-6-10-16(15)20(25)23(17)22(21,26)12-11-18(21)24/h2-10,26H,11-13H2,1H3/t21-,22-/m0/s1. The lowest BCUT2D eigenvalue weighted by Gasteiger charge is -2.32. The first-order valence-electron chi connectivity index (χ1n) is 8.95. The van der Waals surface area contributed by atoms with Crippen molar-refractivity contribution in [3.63, 3.8) is 0 Å². The van der Waals surface area contributed by atoms with Crippen molar-refractivity contribution in [1.29, 1.82) is 0 Å². The fraction of sp³-hybridized carbons (Fsp3) is 0.273. The zero-order chi connectivity index (χ0) is 18.1. The summed E-state index contributed by atoms with van der Waals surface area (Å²) in [4.78, 5) is 25.9. The molecule has 3 aromatic rings. The Balaban J connectivity index is 1.97. The van der Waals surface area contributed by atoms with E-state index < -0.39 is 11.1 Å². The number of carbonyl (C=O) groups excluding carboxylic acids is 1. The summed E-state index contributed by atoms with van der Waals surface area (Å²) in [5.74, 6) is 0.0335. The lowest BCUT2D eigenvalue weighted by molar-refractivity contribution is -0.142. The average Bonchev–Trinajstić information content (AvgIpc) is 3.02. The third kappa shape index (κ3) is 1.68. The number of pyridine rings is 1. The van der Waals surface area contributed by atoms with E-state index in [-0.39, 0.29) is 11.3 Å². The van der Waals surface area contributed by atoms with Crippen molar-refractivity contribution in [2.75, 3.05) is 0 Å². The van der Waals surface area contributed by atoms with Crippen LogP contribution < -0.4 is 5.56 Å². The van der Waals surface area contributed by atoms with Crippen molar-refractivity contribution < 1.29 is 9.90 Å². The summed E-state index contributed by atoms with van der Waals surface area (Å²) in [6, 6.07) is 17.4. The zero-order valence-corrected chi connectivity index (χ0v) is 14.5. The number of hydrogen-bond acceptors (Lipinski definition) is 3. The van der Waals surface area contributed by atoms with Crippen molar-refractivity contribution in [2.24, 2.45) is 5.41 Å². The van der Waals surface area contributed by atoms with Crippen LogP contribution in [0.25, 0.3) is 21.9 Å². The van der Waals surface area contributed by atoms with Crippen LogP contribution in [0, 0.1) is 5.41 Å². The van der Waals surface area contributed by atoms with Gasteiger partial charge in [0.1, 0.15) is 5.78 Å². The number of aliphatic hydroxyl groups is 1. The zero-order valence-electron chi connectivity index (χ0n) is 14.5. The molecule has 26 heavy (non-hydrogen) atoms. The van der Waals surface area contributed by atoms with Crippen LogP contribution in [0.4, 0.5) is 0 Å². The highest BCUT2D eigenvalue weighted by atomic mass is 16.3. The molecule has 4 nitrogen and oxygen atoms in total. The molecule has 4 heteroatoms. The van der Waals surface area contributed by atoms with Crippen LogP contribution in [-0.2, 0) is 16.9 Å². The summed E-state index contributed by atoms with van der Waals surface area (Å²) in [6.45, 7) is 1.80. The molecule has 0 radical (unpaired) electrons. The normalized spacial score (nSPS) is 26.9. The van der Waals surface area contributed by atoms with Crippen molar-refractivity contribution >= 4 is 16.6 Å². The smallest absolute Gasteiger partial charge is 0.261 e. The lowest BCUT2D eigenvalue weighted by Crippen LogP contribution is -2.47. The molecule has 0 amide bonds. The maximum absolute atomic E-state index is 13.3. The van der Waals surface area contributed by atoms with Gasteiger partial charge in [-0.1, -0.05) is 48.5 Å². The first-order valence-corrected chi connectivity index (χ1v) is 8.95. The Morgan fingerprint density at radius 3 is 2.35 bits per heavy atom. The number of fused-ring (bicyclic) bond motifs is 4. The first kappa shape index (κ1) is 15.5. The number of hydrogen-bond donors (Lipinski definition) is 1. The van der Waals surface area contributed by atoms with Crippen molar-refractivity contribution in [1.82, 2.24) is 4.57 Å². The predicted octanol–water partition coefficient (Wildman–Crippen LogP) is 3.24. The van der Waals surface area contributed by atoms with Crippen LogP contribution in [-0.4, -0.2) is 15.5 Å². The first-order chi connectivity index (χ1) is 12.5. The third-order valence-corrected chi connectivity index (χ3v) is 6.34. The van der Waals surface area contributed by atoms with Gasteiger partial charge < -0.3 is 5.11 Å². The van der Waals surface area contributed by atoms with Gasteiger partial charge in [-0.25, -0.2) is 0 Å². The molecule has 130 valence electrons. The van der Waals surface area contributed by atoms with E-state index in [2.05, 4.69) is 0 Å². The highest BCUT2D eigenvalue weighted by molar-refractivity contribution is 5.99. The van der Waals surface area contributed by atoms with Crippen LogP contribution in [0.1, 0.15) is 25.5 Å². The van der Waals surface area contributed by atoms with Crippen LogP contribution >= 0.6 is 0 Å². The number of benzene rings is 2. The largest absolute Gasteiger partial charge is 0.369 e. The van der Waals surface area contributed by atoms with E-state index in [0.717, 1.165) is 22.2 Å². The molecule has 2 heterocycles. The van der Waals surface area contributed by atoms with Crippen LogP contribution in [0.5, 0.6) is 0 Å². The molecule has 1 fully saturated rings. The van der Waals surface area contributed by atoms with Gasteiger partial charge >= 0.3 is 0 Å². The molecular formula is C22H19NO3. The summed E-state index contributed by atoms with van der Waals surface area (Å²) in [5, 5.41) is 12.9. The van der Waals surface area contributed by atoms with E-state index in [0.29, 0.717) is 24.6 Å². The Kier molecular flexibility index (Phi) is 2.94. The van der Waals surface area contributed by atoms with Gasteiger partial charge in [0, 0.05) is 35.9 Å². The van der Waals surface area contributed by atoms with E-state index in [9.17, 15) is 14.7 Å². The molecule has 0 spiro atoms. The summed E-state index contributed by atoms with van der Waals surface area (Å²) >= 11 is 0. The average molecular weight is 345 g/mol. The van der Waals surface area contributed by atoms with E-state index in [4.69, 9.17) is 0 Å². The second-order valence-electron chi connectivity index (χ2n) is 7.62. The molecule has 1 aromatic heterocycles. The summed E-state index contributed by atoms with van der Waals surface area (Å²) < 4.78 is 1.52. The van der Waals surface area contributed by atoms with E-state index in [1.165, 1.54) is 4.57 Å². The van der Waals surface area contributed by atoms with Gasteiger partial charge in [-0.05, 0) is 23.9 Å². The SMILES string of the molecule is C[C@@]12Cc3c(-c4ccccc4)c4ccccc4c(=O)n3[C@]1(O)CCC2=O. The Labute approximate surface area is 150 Å². The maximum atomic E-state index is 13.3. The lowest BCUT2D eigenvalue weighted by atomic mass is 9.79. The molecule has 0 saturated heterocycles. The fourth-order valence-electron chi connectivity index (χ4n) is 4.88. The van der Waals surface area contributed by atoms with Crippen molar-refractivity contribution in [2.45, 2.75) is 31.9 Å². The highest BCUT2D eigenvalue weighted by Crippen LogP contribution is 2.55. The van der Waals surface area contributed by atoms with E-state index >= 15 is 0 Å². The van der Waals surface area contributed by atoms with Gasteiger partial charge in [0.25, 0.3) is 5.56 Å². The fourth-order valence-corrected chi connectivity index (χ4v) is 4.88. The van der Waals surface area contributed by atoms with Crippen LogP contribution in [0.2, 0.25) is 0 Å². The van der Waals surface area contributed by atoms with E-state index in [1.54, 1.807) is 13.0 Å². The van der Waals surface area contributed by atoms with Gasteiger partial charge in [-0.2, -0.15) is 0 Å². The number of nitrogens with zero attached hydrogens (tertiary/aromatic N) is 1. The van der Waals surface area contributed by atoms with Crippen molar-refractivity contribution in [3.8, 4) is 11.1 Å². The Hall–Kier alpha value is -2.72. The molecule has 2 aliphatic rings. The quantitative estimate of drug-likeness (QED) is 0.737. The number of rotatable bonds is 1. The van der Waals surface area contributed by atoms with Crippen LogP contribution in [0.3, 0.4) is 0 Å². The highest BCUT2D eigenvalue weighted by Gasteiger charge is 2.63. The monoisotopic (exact) mass is 345 g/mol. The minimum absolute atomic E-state index is 0.0335. The summed E-state index contributed by atoms with van der Waals surface area (Å²) in [5.41, 5.74) is 0.100. The van der Waals surface area contributed by atoms with Gasteiger partial charge in [-0.15, -0.1) is 0 Å². The molecule has 5 rings (SSSR count). The molecule has 0 bridgehead atoms. The molecule has 2 aromatic carbocycles. The second-order valence-corrected chi connectivity index (χ2v) is 7.62. The molecule has 1 aliphatic heterocycles. The molecule has 1 saturated carbocycles. The van der Waals surface area contributed by atoms with Crippen LogP contribution in [0.15, 0.2) is 59.4 Å². The number of carbonyl (C=O) groups is 1. The molecular weight excluding hydrogens is 326 g/mol. The van der Waals surface area contributed by atoms with Crippen molar-refractivity contribution in [3.05, 3.63) is 70.6 Å². The van der Waals surface area contributed by atoms with Gasteiger partial charge in [0.2, 0.25) is 0 Å². The Morgan fingerprint density at radius 2 is 1.62 bits per heavy atom. The number of Topliss-reactive ketones (excluding diaryl/α,β-unsaturated/α-hetero) is 1. The number of aromatic nitrogens is 1. The molecule has 1 aliphatic carbocycles. The van der Waals surface area contributed by atoms with E-state index in [1.807, 2.05) is 48.5 Å². The minimum atomic E-state index is -1.44. The minimum Gasteiger partial charge on any atom is -0.369 e. The predicted molar refractivity (Wildman–Crippen MR) is 99.9 cm³/mol. The second kappa shape index (κ2) is 4.92. The number of ketones is 1. The summed E-state index contributed by atoms with van der Waals surface area (Å²) in [7, 11) is 0. The Bertz CT molecular complexity index is 1130. The molecule has 1 N–H and O–H groups in total. The Morgan fingerprint density at radius 1 is 0.962 bits per heavy atom. The summed E-state index contributed by atoms with van der Waals surface area (Å²) in [6.07, 6.45) is 0.987. The molecule has 2 atom stereocenters. The van der Waals surface area contributed by atoms with Gasteiger partial charge in [0.15, 0.2) is 5.72 Å². The van der Waals surface area contributed by atoms with Gasteiger partial charge in [0.05, 0.1) is 5.41 Å².